The second-order valence-corrected chi connectivity index (χ2v) is 4.13. The number of hydrogen-bond acceptors (Lipinski definition) is 3. The van der Waals surface area contributed by atoms with Crippen LogP contribution in [0.2, 0.25) is 0 Å². The number of nitrogens with two attached hydrogens (primary N) is 1. The third-order valence-electron chi connectivity index (χ3n) is 3.11. The molecule has 1 aliphatic rings. The van der Waals surface area contributed by atoms with Gasteiger partial charge in [-0.15, -0.1) is 6.58 Å². The summed E-state index contributed by atoms with van der Waals surface area (Å²) in [4.78, 5) is 16.0. The molecule has 0 radical (unpaired) electrons. The smallest absolute Gasteiger partial charge is 0.254 e. The lowest BCUT2D eigenvalue weighted by Gasteiger charge is -2.27. The molecular weight excluding hydrogens is 214 g/mol. The monoisotopic (exact) mass is 229 g/mol. The van der Waals surface area contributed by atoms with E-state index in [0.29, 0.717) is 5.69 Å². The molecule has 88 valence electrons. The Morgan fingerprint density at radius 2 is 2.35 bits per heavy atom. The summed E-state index contributed by atoms with van der Waals surface area (Å²) in [6.07, 6.45) is 10.5. The van der Waals surface area contributed by atoms with Crippen molar-refractivity contribution >= 4 is 5.95 Å². The zero-order chi connectivity index (χ0) is 12.5. The van der Waals surface area contributed by atoms with Crippen LogP contribution in [0.4, 0.5) is 5.95 Å². The molecule has 1 unspecified atom stereocenters. The van der Waals surface area contributed by atoms with Crippen LogP contribution in [-0.2, 0) is 12.5 Å². The molecule has 1 aliphatic carbocycles. The lowest BCUT2D eigenvalue weighted by molar-refractivity contribution is 0.640. The maximum Gasteiger partial charge on any atom is 0.254 e. The Balaban J connectivity index is 2.60. The fourth-order valence-corrected chi connectivity index (χ4v) is 1.88. The van der Waals surface area contributed by atoms with Crippen LogP contribution in [0.3, 0.4) is 0 Å². The summed E-state index contributed by atoms with van der Waals surface area (Å²) in [5.74, 6) is 0.219. The van der Waals surface area contributed by atoms with Gasteiger partial charge < -0.3 is 5.73 Å². The van der Waals surface area contributed by atoms with Crippen LogP contribution in [0.5, 0.6) is 0 Å². The van der Waals surface area contributed by atoms with Gasteiger partial charge in [0.25, 0.3) is 5.56 Å². The predicted octanol–water partition coefficient (Wildman–Crippen LogP) is 1.30. The average molecular weight is 229 g/mol. The summed E-state index contributed by atoms with van der Waals surface area (Å²) >= 11 is 0. The summed E-state index contributed by atoms with van der Waals surface area (Å²) in [7, 11) is 1.60. The van der Waals surface area contributed by atoms with Gasteiger partial charge in [0, 0.05) is 13.1 Å². The highest BCUT2D eigenvalue weighted by Crippen LogP contribution is 2.32. The van der Waals surface area contributed by atoms with Gasteiger partial charge in [-0.1, -0.05) is 30.4 Å². The first kappa shape index (κ1) is 11.4. The number of rotatable bonds is 2. The minimum atomic E-state index is -0.420. The summed E-state index contributed by atoms with van der Waals surface area (Å²) in [5, 5.41) is 0. The van der Waals surface area contributed by atoms with Gasteiger partial charge in [0.15, 0.2) is 0 Å². The molecule has 1 aromatic rings. The van der Waals surface area contributed by atoms with Crippen LogP contribution < -0.4 is 11.3 Å². The Hall–Kier alpha value is -2.10. The summed E-state index contributed by atoms with van der Waals surface area (Å²) in [5.41, 5.74) is 5.79. The van der Waals surface area contributed by atoms with E-state index in [1.54, 1.807) is 13.1 Å². The fraction of sp³-hybridized carbons (Fsp3) is 0.231. The van der Waals surface area contributed by atoms with E-state index in [4.69, 9.17) is 5.73 Å². The van der Waals surface area contributed by atoms with E-state index < -0.39 is 5.41 Å². The lowest BCUT2D eigenvalue weighted by atomic mass is 9.78. The quantitative estimate of drug-likeness (QED) is 0.778. The topological polar surface area (TPSA) is 60.9 Å². The zero-order valence-corrected chi connectivity index (χ0v) is 9.76. The van der Waals surface area contributed by atoms with Crippen molar-refractivity contribution in [3.63, 3.8) is 0 Å². The number of allylic oxidation sites excluding steroid dienone is 5. The Morgan fingerprint density at radius 1 is 1.59 bits per heavy atom. The van der Waals surface area contributed by atoms with Crippen LogP contribution in [-0.4, -0.2) is 9.55 Å². The molecule has 0 amide bonds. The second-order valence-electron chi connectivity index (χ2n) is 4.13. The molecule has 4 heteroatoms. The Bertz CT molecular complexity index is 569. The molecule has 17 heavy (non-hydrogen) atoms. The molecule has 0 saturated carbocycles. The van der Waals surface area contributed by atoms with Gasteiger partial charge in [-0.05, 0) is 6.42 Å². The molecule has 2 rings (SSSR count). The minimum absolute atomic E-state index is 0.156. The third kappa shape index (κ3) is 1.82. The number of hydrogen-bond donors (Lipinski definition) is 1. The molecule has 0 aliphatic heterocycles. The largest absolute Gasteiger partial charge is 0.369 e. The van der Waals surface area contributed by atoms with Crippen molar-refractivity contribution in [3.8, 4) is 0 Å². The zero-order valence-electron chi connectivity index (χ0n) is 9.76. The molecule has 1 aromatic heterocycles. The first-order valence-electron chi connectivity index (χ1n) is 5.41. The van der Waals surface area contributed by atoms with E-state index in [9.17, 15) is 4.79 Å². The summed E-state index contributed by atoms with van der Waals surface area (Å²) in [6.45, 7) is 3.84. The van der Waals surface area contributed by atoms with Crippen LogP contribution >= 0.6 is 0 Å². The van der Waals surface area contributed by atoms with Crippen LogP contribution in [0, 0.1) is 0 Å². The first-order valence-corrected chi connectivity index (χ1v) is 5.41. The number of anilines is 1. The van der Waals surface area contributed by atoms with Gasteiger partial charge in [0.05, 0.1) is 11.1 Å². The third-order valence-corrected chi connectivity index (χ3v) is 3.11. The molecule has 1 heterocycles. The molecule has 0 aromatic carbocycles. The predicted molar refractivity (Wildman–Crippen MR) is 68.7 cm³/mol. The van der Waals surface area contributed by atoms with Gasteiger partial charge in [-0.25, -0.2) is 4.98 Å². The van der Waals surface area contributed by atoms with Crippen molar-refractivity contribution in [2.45, 2.75) is 11.8 Å². The van der Waals surface area contributed by atoms with Crippen molar-refractivity contribution in [1.82, 2.24) is 9.55 Å². The normalized spacial score (nSPS) is 22.6. The van der Waals surface area contributed by atoms with Crippen LogP contribution in [0.1, 0.15) is 12.1 Å². The van der Waals surface area contributed by atoms with Gasteiger partial charge in [-0.2, -0.15) is 0 Å². The molecule has 4 nitrogen and oxygen atoms in total. The number of nitrogen functional groups attached to an aromatic ring is 1. The van der Waals surface area contributed by atoms with Crippen LogP contribution in [0.25, 0.3) is 0 Å². The van der Waals surface area contributed by atoms with Gasteiger partial charge in [0.2, 0.25) is 5.95 Å². The molecular formula is C13H15N3O. The SMILES string of the molecule is C=CC1(c2cc(=O)n(C)c(N)n2)C=CC=CC1. The van der Waals surface area contributed by atoms with E-state index in [0.717, 1.165) is 6.42 Å². The van der Waals surface area contributed by atoms with Crippen molar-refractivity contribution in [1.29, 1.82) is 0 Å². The van der Waals surface area contributed by atoms with Gasteiger partial charge in [0.1, 0.15) is 0 Å². The van der Waals surface area contributed by atoms with Gasteiger partial charge >= 0.3 is 0 Å². The highest BCUT2D eigenvalue weighted by atomic mass is 16.1. The summed E-state index contributed by atoms with van der Waals surface area (Å²) < 4.78 is 1.32. The molecule has 0 saturated heterocycles. The fourth-order valence-electron chi connectivity index (χ4n) is 1.88. The first-order chi connectivity index (χ1) is 8.09. The average Bonchev–Trinajstić information content (AvgIpc) is 2.36. The van der Waals surface area contributed by atoms with E-state index in [2.05, 4.69) is 11.6 Å². The summed E-state index contributed by atoms with van der Waals surface area (Å²) in [6, 6.07) is 1.52. The van der Waals surface area contributed by atoms with Crippen molar-refractivity contribution in [2.24, 2.45) is 7.05 Å². The number of aromatic nitrogens is 2. The van der Waals surface area contributed by atoms with E-state index >= 15 is 0 Å². The van der Waals surface area contributed by atoms with Crippen molar-refractivity contribution in [2.75, 3.05) is 5.73 Å². The molecule has 0 fully saturated rings. The maximum atomic E-state index is 11.7. The van der Waals surface area contributed by atoms with E-state index in [1.165, 1.54) is 10.6 Å². The molecule has 2 N–H and O–H groups in total. The highest BCUT2D eigenvalue weighted by Gasteiger charge is 2.28. The van der Waals surface area contributed by atoms with Crippen LogP contribution in [0.15, 0.2) is 47.8 Å². The van der Waals surface area contributed by atoms with E-state index in [-0.39, 0.29) is 11.5 Å². The number of nitrogens with zero attached hydrogens (tertiary/aromatic N) is 2. The highest BCUT2D eigenvalue weighted by molar-refractivity contribution is 5.38. The molecule has 0 bridgehead atoms. The van der Waals surface area contributed by atoms with Crippen molar-refractivity contribution < 1.29 is 0 Å². The maximum absolute atomic E-state index is 11.7. The second kappa shape index (κ2) is 4.05. The molecule has 1 atom stereocenters. The Morgan fingerprint density at radius 3 is 2.88 bits per heavy atom. The Labute approximate surface area is 99.8 Å². The van der Waals surface area contributed by atoms with Crippen molar-refractivity contribution in [3.05, 3.63) is 59.1 Å². The van der Waals surface area contributed by atoms with E-state index in [1.807, 2.05) is 24.3 Å². The standard InChI is InChI=1S/C13H15N3O/c1-3-13(7-5-4-6-8-13)10-9-11(17)16(2)12(14)15-10/h3-7,9H,1,8H2,2H3,(H2,14,15). The lowest BCUT2D eigenvalue weighted by Crippen LogP contribution is -2.29. The van der Waals surface area contributed by atoms with Gasteiger partial charge in [-0.3, -0.25) is 9.36 Å². The molecule has 0 spiro atoms. The Kier molecular flexibility index (Phi) is 2.71. The minimum Gasteiger partial charge on any atom is -0.369 e.